The maximum Gasteiger partial charge on any atom is 0.341 e. The van der Waals surface area contributed by atoms with Crippen molar-refractivity contribution >= 4 is 23.2 Å². The first-order chi connectivity index (χ1) is 12.6. The first-order valence-electron chi connectivity index (χ1n) is 9.38. The van der Waals surface area contributed by atoms with Crippen LogP contribution in [0.25, 0.3) is 5.00 Å². The molecule has 0 saturated heterocycles. The van der Waals surface area contributed by atoms with E-state index >= 15 is 0 Å². The lowest BCUT2D eigenvalue weighted by Crippen LogP contribution is -2.37. The first kappa shape index (κ1) is 17.3. The lowest BCUT2D eigenvalue weighted by Gasteiger charge is -2.14. The molecule has 1 atom stereocenters. The van der Waals surface area contributed by atoms with Crippen LogP contribution >= 0.6 is 11.3 Å². The Bertz CT molecular complexity index is 805. The van der Waals surface area contributed by atoms with Crippen molar-refractivity contribution in [3.8, 4) is 5.00 Å². The molecule has 2 aromatic rings. The minimum atomic E-state index is -0.387. The fraction of sp³-hybridized carbons (Fsp3) is 0.500. The van der Waals surface area contributed by atoms with E-state index in [-0.39, 0.29) is 24.5 Å². The first-order valence-corrected chi connectivity index (χ1v) is 10.2. The van der Waals surface area contributed by atoms with Gasteiger partial charge in [0.1, 0.15) is 5.00 Å². The lowest BCUT2D eigenvalue weighted by molar-refractivity contribution is -0.124. The number of thiophene rings is 1. The summed E-state index contributed by atoms with van der Waals surface area (Å²) in [4.78, 5) is 26.2. The summed E-state index contributed by atoms with van der Waals surface area (Å²) in [5.74, 6) is -0.0226. The van der Waals surface area contributed by atoms with Gasteiger partial charge >= 0.3 is 5.97 Å². The number of esters is 1. The molecule has 2 aromatic heterocycles. The minimum absolute atomic E-state index is 0.158. The van der Waals surface area contributed by atoms with Crippen molar-refractivity contribution < 1.29 is 14.3 Å². The Balaban J connectivity index is 1.49. The third kappa shape index (κ3) is 3.56. The van der Waals surface area contributed by atoms with Gasteiger partial charge in [0.25, 0.3) is 5.91 Å². The van der Waals surface area contributed by atoms with Crippen LogP contribution < -0.4 is 5.32 Å². The van der Waals surface area contributed by atoms with Gasteiger partial charge in [0.05, 0.1) is 5.56 Å². The summed E-state index contributed by atoms with van der Waals surface area (Å²) in [6.45, 7) is 1.79. The SMILES string of the molecule is C[C@H](NC(=O)COC(=O)c1c(-n2cccc2)sc2c1CCCC2)C1CC1. The summed E-state index contributed by atoms with van der Waals surface area (Å²) in [6.07, 6.45) is 10.4. The second-order valence-electron chi connectivity index (χ2n) is 7.25. The average Bonchev–Trinajstić information content (AvgIpc) is 3.21. The average molecular weight is 372 g/mol. The van der Waals surface area contributed by atoms with Crippen LogP contribution in [0.5, 0.6) is 0 Å². The predicted molar refractivity (Wildman–Crippen MR) is 101 cm³/mol. The number of hydrogen-bond donors (Lipinski definition) is 1. The van der Waals surface area contributed by atoms with E-state index in [1.807, 2.05) is 36.0 Å². The Morgan fingerprint density at radius 1 is 1.27 bits per heavy atom. The van der Waals surface area contributed by atoms with Gasteiger partial charge in [0, 0.05) is 23.3 Å². The van der Waals surface area contributed by atoms with Gasteiger partial charge in [0.15, 0.2) is 6.61 Å². The second kappa shape index (κ2) is 7.27. The predicted octanol–water partition coefficient (Wildman–Crippen LogP) is 3.49. The number of ether oxygens (including phenoxy) is 1. The van der Waals surface area contributed by atoms with E-state index in [0.717, 1.165) is 36.2 Å². The fourth-order valence-electron chi connectivity index (χ4n) is 3.63. The summed E-state index contributed by atoms with van der Waals surface area (Å²) < 4.78 is 7.36. The normalized spacial score (nSPS) is 17.4. The molecule has 0 radical (unpaired) electrons. The summed E-state index contributed by atoms with van der Waals surface area (Å²) in [6, 6.07) is 4.05. The maximum atomic E-state index is 12.8. The molecular weight excluding hydrogens is 348 g/mol. The largest absolute Gasteiger partial charge is 0.452 e. The van der Waals surface area contributed by atoms with Crippen LogP contribution in [0.15, 0.2) is 24.5 Å². The number of hydrogen-bond acceptors (Lipinski definition) is 4. The second-order valence-corrected chi connectivity index (χ2v) is 8.33. The van der Waals surface area contributed by atoms with Gasteiger partial charge in [-0.1, -0.05) is 0 Å². The molecule has 2 heterocycles. The lowest BCUT2D eigenvalue weighted by atomic mass is 9.95. The zero-order valence-electron chi connectivity index (χ0n) is 15.0. The molecule has 1 N–H and O–H groups in total. The number of nitrogens with zero attached hydrogens (tertiary/aromatic N) is 1. The third-order valence-electron chi connectivity index (χ3n) is 5.25. The molecule has 1 fully saturated rings. The molecule has 1 saturated carbocycles. The van der Waals surface area contributed by atoms with Gasteiger partial charge in [0.2, 0.25) is 0 Å². The topological polar surface area (TPSA) is 60.3 Å². The molecule has 0 aromatic carbocycles. The Morgan fingerprint density at radius 2 is 2.00 bits per heavy atom. The Labute approximate surface area is 157 Å². The number of aromatic nitrogens is 1. The molecule has 0 aliphatic heterocycles. The van der Waals surface area contributed by atoms with Crippen LogP contribution in [0.1, 0.15) is 53.4 Å². The number of aryl methyl sites for hydroxylation is 1. The highest BCUT2D eigenvalue weighted by Crippen LogP contribution is 2.37. The standard InChI is InChI=1S/C20H24N2O3S/c1-13(14-8-9-14)21-17(23)12-25-20(24)18-15-6-2-3-7-16(15)26-19(18)22-10-4-5-11-22/h4-5,10-11,13-14H,2-3,6-9,12H2,1H3,(H,21,23)/t13-/m0/s1. The van der Waals surface area contributed by atoms with E-state index in [1.54, 1.807) is 11.3 Å². The molecule has 0 unspecified atom stereocenters. The summed E-state index contributed by atoms with van der Waals surface area (Å²) in [5.41, 5.74) is 1.76. The number of carbonyl (C=O) groups excluding carboxylic acids is 2. The molecule has 5 nitrogen and oxygen atoms in total. The smallest absolute Gasteiger partial charge is 0.341 e. The van der Waals surface area contributed by atoms with E-state index < -0.39 is 0 Å². The zero-order chi connectivity index (χ0) is 18.1. The number of fused-ring (bicyclic) bond motifs is 1. The molecule has 2 aliphatic carbocycles. The fourth-order valence-corrected chi connectivity index (χ4v) is 4.97. The minimum Gasteiger partial charge on any atom is -0.452 e. The van der Waals surface area contributed by atoms with E-state index in [4.69, 9.17) is 4.74 Å². The molecule has 4 rings (SSSR count). The van der Waals surface area contributed by atoms with Gasteiger partial charge in [-0.25, -0.2) is 4.79 Å². The molecule has 0 spiro atoms. The van der Waals surface area contributed by atoms with Gasteiger partial charge in [-0.15, -0.1) is 11.3 Å². The van der Waals surface area contributed by atoms with Gasteiger partial charge in [-0.05, 0) is 69.1 Å². The van der Waals surface area contributed by atoms with Crippen LogP contribution in [-0.4, -0.2) is 29.1 Å². The van der Waals surface area contributed by atoms with Crippen molar-refractivity contribution in [1.82, 2.24) is 9.88 Å². The van der Waals surface area contributed by atoms with E-state index in [0.29, 0.717) is 11.5 Å². The van der Waals surface area contributed by atoms with E-state index in [2.05, 4.69) is 5.32 Å². The molecule has 1 amide bonds. The number of carbonyl (C=O) groups is 2. The molecular formula is C20H24N2O3S. The zero-order valence-corrected chi connectivity index (χ0v) is 15.8. The van der Waals surface area contributed by atoms with Crippen molar-refractivity contribution in [2.24, 2.45) is 5.92 Å². The Morgan fingerprint density at radius 3 is 2.73 bits per heavy atom. The van der Waals surface area contributed by atoms with Crippen molar-refractivity contribution in [2.45, 2.75) is 51.5 Å². The van der Waals surface area contributed by atoms with Crippen molar-refractivity contribution in [3.05, 3.63) is 40.5 Å². The van der Waals surface area contributed by atoms with Crippen LogP contribution in [0.2, 0.25) is 0 Å². The monoisotopic (exact) mass is 372 g/mol. The quantitative estimate of drug-likeness (QED) is 0.790. The van der Waals surface area contributed by atoms with Crippen LogP contribution in [-0.2, 0) is 22.4 Å². The molecule has 26 heavy (non-hydrogen) atoms. The highest BCUT2D eigenvalue weighted by atomic mass is 32.1. The molecule has 6 heteroatoms. The van der Waals surface area contributed by atoms with Crippen molar-refractivity contribution in [2.75, 3.05) is 6.61 Å². The van der Waals surface area contributed by atoms with Crippen molar-refractivity contribution in [1.29, 1.82) is 0 Å². The molecule has 138 valence electrons. The van der Waals surface area contributed by atoms with Crippen LogP contribution in [0.4, 0.5) is 0 Å². The summed E-state index contributed by atoms with van der Waals surface area (Å²) in [5, 5.41) is 3.83. The van der Waals surface area contributed by atoms with Gasteiger partial charge < -0.3 is 14.6 Å². The third-order valence-corrected chi connectivity index (χ3v) is 6.55. The summed E-state index contributed by atoms with van der Waals surface area (Å²) >= 11 is 1.67. The maximum absolute atomic E-state index is 12.8. The van der Waals surface area contributed by atoms with E-state index in [1.165, 1.54) is 17.7 Å². The highest BCUT2D eigenvalue weighted by molar-refractivity contribution is 7.15. The number of amides is 1. The molecule has 2 aliphatic rings. The van der Waals surface area contributed by atoms with Gasteiger partial charge in [-0.2, -0.15) is 0 Å². The van der Waals surface area contributed by atoms with E-state index in [9.17, 15) is 9.59 Å². The van der Waals surface area contributed by atoms with Crippen LogP contribution in [0.3, 0.4) is 0 Å². The van der Waals surface area contributed by atoms with Gasteiger partial charge in [-0.3, -0.25) is 4.79 Å². The number of nitrogens with one attached hydrogen (secondary N) is 1. The summed E-state index contributed by atoms with van der Waals surface area (Å²) in [7, 11) is 0. The Kier molecular flexibility index (Phi) is 4.85. The highest BCUT2D eigenvalue weighted by Gasteiger charge is 2.30. The van der Waals surface area contributed by atoms with Crippen LogP contribution in [0, 0.1) is 5.92 Å². The molecule has 0 bridgehead atoms. The van der Waals surface area contributed by atoms with Crippen molar-refractivity contribution in [3.63, 3.8) is 0 Å². The Hall–Kier alpha value is -2.08. The number of rotatable bonds is 6.